The number of nitrogens with zero attached hydrogens (tertiary/aromatic N) is 3. The van der Waals surface area contributed by atoms with Crippen molar-refractivity contribution in [2.24, 2.45) is 5.92 Å². The molecule has 3 heterocycles. The summed E-state index contributed by atoms with van der Waals surface area (Å²) >= 11 is 0. The van der Waals surface area contributed by atoms with Gasteiger partial charge in [0.1, 0.15) is 17.3 Å². The van der Waals surface area contributed by atoms with E-state index in [1.807, 2.05) is 18.2 Å². The van der Waals surface area contributed by atoms with Crippen molar-refractivity contribution in [2.75, 3.05) is 36.9 Å². The Kier molecular flexibility index (Phi) is 5.96. The molecule has 1 fully saturated rings. The zero-order valence-electron chi connectivity index (χ0n) is 19.6. The van der Waals surface area contributed by atoms with E-state index in [-0.39, 0.29) is 17.7 Å². The molecule has 7 heteroatoms. The average Bonchev–Trinajstić information content (AvgIpc) is 2.85. The predicted molar refractivity (Wildman–Crippen MR) is 135 cm³/mol. The van der Waals surface area contributed by atoms with E-state index < -0.39 is 0 Å². The van der Waals surface area contributed by atoms with Gasteiger partial charge in [-0.2, -0.15) is 0 Å². The van der Waals surface area contributed by atoms with Gasteiger partial charge in [-0.25, -0.2) is 14.4 Å². The Bertz CT molecular complexity index is 1220. The van der Waals surface area contributed by atoms with Crippen molar-refractivity contribution in [1.82, 2.24) is 15.3 Å². The van der Waals surface area contributed by atoms with E-state index in [0.717, 1.165) is 60.7 Å². The second-order valence-electron chi connectivity index (χ2n) is 9.28. The number of morpholine rings is 1. The molecule has 6 nitrogen and oxygen atoms in total. The normalized spacial score (nSPS) is 18.1. The van der Waals surface area contributed by atoms with Crippen molar-refractivity contribution in [3.63, 3.8) is 0 Å². The molecule has 176 valence electrons. The van der Waals surface area contributed by atoms with Gasteiger partial charge in [-0.3, -0.25) is 0 Å². The number of aromatic nitrogens is 2. The van der Waals surface area contributed by atoms with Crippen LogP contribution in [0.1, 0.15) is 25.0 Å². The first kappa shape index (κ1) is 22.3. The molecular formula is C27H30FN5O. The van der Waals surface area contributed by atoms with Crippen LogP contribution in [-0.2, 0) is 11.2 Å². The number of nitrogens with two attached hydrogens (primary N) is 1. The third-order valence-electron chi connectivity index (χ3n) is 6.67. The van der Waals surface area contributed by atoms with E-state index in [2.05, 4.69) is 47.8 Å². The highest BCUT2D eigenvalue weighted by Gasteiger charge is 2.23. The van der Waals surface area contributed by atoms with E-state index in [9.17, 15) is 0 Å². The Labute approximate surface area is 199 Å². The summed E-state index contributed by atoms with van der Waals surface area (Å²) in [4.78, 5) is 11.4. The number of nitrogens with one attached hydrogen (secondary N) is 1. The molecular weight excluding hydrogens is 429 g/mol. The Morgan fingerprint density at radius 2 is 2.00 bits per heavy atom. The molecule has 0 saturated carbocycles. The van der Waals surface area contributed by atoms with Crippen LogP contribution in [0.5, 0.6) is 0 Å². The largest absolute Gasteiger partial charge is 0.385 e. The quantitative estimate of drug-likeness (QED) is 0.598. The van der Waals surface area contributed by atoms with E-state index >= 15 is 4.39 Å². The molecule has 3 aromatic rings. The van der Waals surface area contributed by atoms with Crippen molar-refractivity contribution in [3.05, 3.63) is 66.1 Å². The molecule has 1 atom stereocenters. The molecule has 1 aromatic heterocycles. The fraction of sp³-hybridized carbons (Fsp3) is 0.333. The smallest absolute Gasteiger partial charge is 0.150 e. The number of hydrogen-bond donors (Lipinski definition) is 2. The van der Waals surface area contributed by atoms with Gasteiger partial charge in [0.2, 0.25) is 0 Å². The highest BCUT2D eigenvalue weighted by molar-refractivity contribution is 5.77. The van der Waals surface area contributed by atoms with Crippen LogP contribution in [0.4, 0.5) is 15.9 Å². The Morgan fingerprint density at radius 1 is 1.21 bits per heavy atom. The summed E-state index contributed by atoms with van der Waals surface area (Å²) in [6.07, 6.45) is 2.66. The Hall–Kier alpha value is -3.45. The van der Waals surface area contributed by atoms with Gasteiger partial charge >= 0.3 is 0 Å². The van der Waals surface area contributed by atoms with Crippen LogP contribution in [-0.4, -0.2) is 42.3 Å². The van der Waals surface area contributed by atoms with Crippen molar-refractivity contribution >= 4 is 17.2 Å². The molecule has 34 heavy (non-hydrogen) atoms. The molecule has 0 bridgehead atoms. The lowest BCUT2D eigenvalue weighted by Crippen LogP contribution is -2.44. The molecule has 2 aromatic carbocycles. The fourth-order valence-corrected chi connectivity index (χ4v) is 4.62. The first-order valence-electron chi connectivity index (χ1n) is 11.8. The molecule has 0 aliphatic carbocycles. The van der Waals surface area contributed by atoms with E-state index in [1.54, 1.807) is 6.20 Å². The van der Waals surface area contributed by atoms with Crippen LogP contribution in [0.2, 0.25) is 0 Å². The molecule has 3 N–H and O–H groups in total. The van der Waals surface area contributed by atoms with Gasteiger partial charge in [-0.1, -0.05) is 32.6 Å². The number of benzene rings is 2. The monoisotopic (exact) mass is 459 g/mol. The fourth-order valence-electron chi connectivity index (χ4n) is 4.62. The maximum atomic E-state index is 15.1. The molecule has 1 saturated heterocycles. The number of nitrogen functional groups attached to an aromatic ring is 1. The third-order valence-corrected chi connectivity index (χ3v) is 6.67. The Morgan fingerprint density at radius 3 is 2.76 bits per heavy atom. The summed E-state index contributed by atoms with van der Waals surface area (Å²) in [5.74, 6) is 0.299. The summed E-state index contributed by atoms with van der Waals surface area (Å²) in [5, 5.41) is 3.18. The van der Waals surface area contributed by atoms with E-state index in [4.69, 9.17) is 15.5 Å². The van der Waals surface area contributed by atoms with E-state index in [1.165, 1.54) is 6.07 Å². The standard InChI is InChI=1S/C27H30FN5O/c1-16(2)25-15-33(10-11-34-25)20-6-4-18(5-7-20)24-14-31-27(29)26(32-24)22-12-19-8-9-30-17(3)21(19)13-23(22)28/h4-7,12-14,16,25,30H,3,8-11,15H2,1-2H3,(H2,29,31). The van der Waals surface area contributed by atoms with E-state index in [0.29, 0.717) is 22.9 Å². The minimum absolute atomic E-state index is 0.208. The van der Waals surface area contributed by atoms with Crippen LogP contribution in [0.15, 0.2) is 49.2 Å². The molecule has 0 radical (unpaired) electrons. The molecule has 5 rings (SSSR count). The molecule has 1 unspecified atom stereocenters. The van der Waals surface area contributed by atoms with Crippen molar-refractivity contribution < 1.29 is 9.13 Å². The van der Waals surface area contributed by atoms with Gasteiger partial charge in [-0.05, 0) is 42.2 Å². The molecule has 2 aliphatic heterocycles. The minimum Gasteiger partial charge on any atom is -0.385 e. The lowest BCUT2D eigenvalue weighted by atomic mass is 9.94. The highest BCUT2D eigenvalue weighted by Crippen LogP contribution is 2.33. The third kappa shape index (κ3) is 4.23. The van der Waals surface area contributed by atoms with Crippen LogP contribution < -0.4 is 16.0 Å². The van der Waals surface area contributed by atoms with Gasteiger partial charge < -0.3 is 20.7 Å². The number of hydrogen-bond acceptors (Lipinski definition) is 6. The van der Waals surface area contributed by atoms with Crippen molar-refractivity contribution in [3.8, 4) is 22.5 Å². The zero-order valence-corrected chi connectivity index (χ0v) is 19.6. The minimum atomic E-state index is -0.385. The van der Waals surface area contributed by atoms with Gasteiger partial charge in [0, 0.05) is 47.7 Å². The summed E-state index contributed by atoms with van der Waals surface area (Å²) in [7, 11) is 0. The predicted octanol–water partition coefficient (Wildman–Crippen LogP) is 4.51. The second-order valence-corrected chi connectivity index (χ2v) is 9.28. The average molecular weight is 460 g/mol. The maximum Gasteiger partial charge on any atom is 0.150 e. The number of halogens is 1. The van der Waals surface area contributed by atoms with Gasteiger partial charge in [-0.15, -0.1) is 0 Å². The first-order valence-corrected chi connectivity index (χ1v) is 11.8. The van der Waals surface area contributed by atoms with Gasteiger partial charge in [0.15, 0.2) is 0 Å². The van der Waals surface area contributed by atoms with Gasteiger partial charge in [0.25, 0.3) is 0 Å². The summed E-state index contributed by atoms with van der Waals surface area (Å²) in [6, 6.07) is 11.6. The molecule has 2 aliphatic rings. The summed E-state index contributed by atoms with van der Waals surface area (Å²) < 4.78 is 21.0. The summed E-state index contributed by atoms with van der Waals surface area (Å²) in [6.45, 7) is 11.6. The van der Waals surface area contributed by atoms with Crippen molar-refractivity contribution in [1.29, 1.82) is 0 Å². The first-order chi connectivity index (χ1) is 16.4. The summed E-state index contributed by atoms with van der Waals surface area (Å²) in [5.41, 5.74) is 12.1. The van der Waals surface area contributed by atoms with Crippen LogP contribution in [0.3, 0.4) is 0 Å². The second kappa shape index (κ2) is 9.06. The lowest BCUT2D eigenvalue weighted by molar-refractivity contribution is 0.0114. The van der Waals surface area contributed by atoms with Crippen molar-refractivity contribution in [2.45, 2.75) is 26.4 Å². The van der Waals surface area contributed by atoms with Crippen LogP contribution in [0, 0.1) is 11.7 Å². The highest BCUT2D eigenvalue weighted by atomic mass is 19.1. The van der Waals surface area contributed by atoms with Gasteiger partial charge in [0.05, 0.1) is 24.6 Å². The molecule has 0 amide bonds. The number of ether oxygens (including phenoxy) is 1. The van der Waals surface area contributed by atoms with Crippen LogP contribution >= 0.6 is 0 Å². The lowest BCUT2D eigenvalue weighted by Gasteiger charge is -2.36. The number of anilines is 2. The SMILES string of the molecule is C=C1NCCc2cc(-c3nc(-c4ccc(N5CCOC(C(C)C)C5)cc4)cnc3N)c(F)cc21. The maximum absolute atomic E-state index is 15.1. The number of rotatable bonds is 4. The molecule has 0 spiro atoms. The number of fused-ring (bicyclic) bond motifs is 1. The zero-order chi connectivity index (χ0) is 23.8. The topological polar surface area (TPSA) is 76.3 Å². The Balaban J connectivity index is 1.44. The van der Waals surface area contributed by atoms with Crippen LogP contribution in [0.25, 0.3) is 28.2 Å².